The molecule has 57 heavy (non-hydrogen) atoms. The number of hydrogen-bond acceptors (Lipinski definition) is 0. The molecule has 0 unspecified atom stereocenters. The van der Waals surface area contributed by atoms with Gasteiger partial charge in [-0.3, -0.25) is 0 Å². The van der Waals surface area contributed by atoms with Gasteiger partial charge in [-0.25, -0.2) is 0 Å². The highest BCUT2D eigenvalue weighted by molar-refractivity contribution is 6.25. The molecular formula is C56H35N. The minimum absolute atomic E-state index is 1.15. The van der Waals surface area contributed by atoms with Crippen LogP contribution in [-0.2, 0) is 0 Å². The number of hydrogen-bond donors (Lipinski definition) is 0. The molecule has 12 rings (SSSR count). The van der Waals surface area contributed by atoms with Gasteiger partial charge in [0.2, 0.25) is 0 Å². The van der Waals surface area contributed by atoms with Crippen LogP contribution in [0.2, 0.25) is 0 Å². The Morgan fingerprint density at radius 2 is 0.684 bits per heavy atom. The highest BCUT2D eigenvalue weighted by atomic mass is 15.0. The zero-order chi connectivity index (χ0) is 37.5. The Balaban J connectivity index is 1.13. The van der Waals surface area contributed by atoms with Crippen LogP contribution in [0.4, 0.5) is 0 Å². The maximum absolute atomic E-state index is 2.53. The van der Waals surface area contributed by atoms with E-state index in [0.717, 1.165) is 5.69 Å². The Labute approximate surface area is 330 Å². The molecule has 264 valence electrons. The predicted octanol–water partition coefficient (Wildman–Crippen LogP) is 15.6. The number of nitrogens with zero attached hydrogens (tertiary/aromatic N) is 1. The third kappa shape index (κ3) is 4.83. The summed E-state index contributed by atoms with van der Waals surface area (Å²) in [6.07, 6.45) is 0. The molecule has 0 amide bonds. The zero-order valence-electron chi connectivity index (χ0n) is 31.2. The lowest BCUT2D eigenvalue weighted by molar-refractivity contribution is 1.19. The van der Waals surface area contributed by atoms with E-state index in [9.17, 15) is 0 Å². The molecule has 11 aromatic carbocycles. The highest BCUT2D eigenvalue weighted by Gasteiger charge is 2.20. The Kier molecular flexibility index (Phi) is 7.00. The lowest BCUT2D eigenvalue weighted by atomic mass is 9.86. The van der Waals surface area contributed by atoms with Crippen molar-refractivity contribution >= 4 is 75.7 Å². The van der Waals surface area contributed by atoms with Crippen molar-refractivity contribution in [3.63, 3.8) is 0 Å². The van der Waals surface area contributed by atoms with E-state index in [-0.39, 0.29) is 0 Å². The first kappa shape index (κ1) is 31.8. The van der Waals surface area contributed by atoms with Crippen LogP contribution in [-0.4, -0.2) is 4.57 Å². The van der Waals surface area contributed by atoms with E-state index >= 15 is 0 Å². The molecule has 0 saturated carbocycles. The van der Waals surface area contributed by atoms with E-state index in [4.69, 9.17) is 0 Å². The van der Waals surface area contributed by atoms with Crippen molar-refractivity contribution in [3.8, 4) is 39.1 Å². The molecule has 0 bridgehead atoms. The lowest BCUT2D eigenvalue weighted by Crippen LogP contribution is -1.96. The normalized spacial score (nSPS) is 11.9. The smallest absolute Gasteiger partial charge is 0.0619 e. The zero-order valence-corrected chi connectivity index (χ0v) is 31.2. The van der Waals surface area contributed by atoms with Gasteiger partial charge in [-0.15, -0.1) is 0 Å². The molecule has 0 aliphatic rings. The average Bonchev–Trinajstić information content (AvgIpc) is 3.63. The SMILES string of the molecule is c1ccc(-c2c3ccccc3c(-c3ccc(-n4c5c6ccccc6ccc5c5ccc6ccc(-c7cccc8ccccc78)cc6c54)cc3)c3ccccc23)cc1. The van der Waals surface area contributed by atoms with Gasteiger partial charge in [-0.2, -0.15) is 0 Å². The van der Waals surface area contributed by atoms with Gasteiger partial charge in [0.25, 0.3) is 0 Å². The molecule has 0 atom stereocenters. The van der Waals surface area contributed by atoms with E-state index in [1.54, 1.807) is 0 Å². The second-order valence-electron chi connectivity index (χ2n) is 15.2. The number of benzene rings is 11. The van der Waals surface area contributed by atoms with Crippen LogP contribution >= 0.6 is 0 Å². The molecule has 0 radical (unpaired) electrons. The van der Waals surface area contributed by atoms with Gasteiger partial charge in [-0.1, -0.05) is 194 Å². The number of rotatable bonds is 4. The van der Waals surface area contributed by atoms with Crippen molar-refractivity contribution in [1.82, 2.24) is 4.57 Å². The van der Waals surface area contributed by atoms with Crippen LogP contribution in [0.25, 0.3) is 115 Å². The molecular weight excluding hydrogens is 687 g/mol. The third-order valence-corrected chi connectivity index (χ3v) is 12.1. The summed E-state index contributed by atoms with van der Waals surface area (Å²) in [5.41, 5.74) is 11.1. The summed E-state index contributed by atoms with van der Waals surface area (Å²) in [4.78, 5) is 0. The van der Waals surface area contributed by atoms with Crippen molar-refractivity contribution in [2.75, 3.05) is 0 Å². The van der Waals surface area contributed by atoms with Crippen molar-refractivity contribution in [2.45, 2.75) is 0 Å². The van der Waals surface area contributed by atoms with Crippen LogP contribution in [0.1, 0.15) is 0 Å². The molecule has 0 saturated heterocycles. The lowest BCUT2D eigenvalue weighted by Gasteiger charge is -2.18. The van der Waals surface area contributed by atoms with Gasteiger partial charge < -0.3 is 4.57 Å². The Bertz CT molecular complexity index is 3490. The first-order valence-corrected chi connectivity index (χ1v) is 19.8. The molecule has 1 nitrogen and oxygen atoms in total. The maximum atomic E-state index is 2.53. The molecule has 0 aliphatic carbocycles. The largest absolute Gasteiger partial charge is 0.308 e. The fourth-order valence-electron chi connectivity index (χ4n) is 9.62. The van der Waals surface area contributed by atoms with Gasteiger partial charge >= 0.3 is 0 Å². The minimum atomic E-state index is 1.15. The number of aromatic nitrogens is 1. The monoisotopic (exact) mass is 721 g/mol. The molecule has 0 spiro atoms. The van der Waals surface area contributed by atoms with E-state index in [1.165, 1.54) is 109 Å². The van der Waals surface area contributed by atoms with E-state index in [0.29, 0.717) is 0 Å². The predicted molar refractivity (Wildman–Crippen MR) is 245 cm³/mol. The Hall–Kier alpha value is -7.48. The first-order chi connectivity index (χ1) is 28.3. The Morgan fingerprint density at radius 1 is 0.246 bits per heavy atom. The van der Waals surface area contributed by atoms with Crippen molar-refractivity contribution in [2.24, 2.45) is 0 Å². The fraction of sp³-hybridized carbons (Fsp3) is 0. The second kappa shape index (κ2) is 12.5. The summed E-state index contributed by atoms with van der Waals surface area (Å²) >= 11 is 0. The maximum Gasteiger partial charge on any atom is 0.0619 e. The van der Waals surface area contributed by atoms with Gasteiger partial charge in [-0.05, 0) is 94.7 Å². The van der Waals surface area contributed by atoms with Gasteiger partial charge in [0.1, 0.15) is 0 Å². The molecule has 0 fully saturated rings. The summed E-state index contributed by atoms with van der Waals surface area (Å²) in [5, 5.41) is 15.1. The molecule has 0 N–H and O–H groups in total. The fourth-order valence-corrected chi connectivity index (χ4v) is 9.62. The molecule has 1 aromatic heterocycles. The highest BCUT2D eigenvalue weighted by Crippen LogP contribution is 2.45. The summed E-state index contributed by atoms with van der Waals surface area (Å²) in [6, 6.07) is 78.3. The standard InChI is InChI=1S/C56H35N/c1-2-15-39(16-3-1)53-46-20-8-10-22-48(46)54(49-23-11-9-21-47(49)53)40-27-31-42(32-28-40)57-55-45-19-7-5-14-37(45)29-33-50(55)51-34-30-38-25-26-41(35-52(38)56(51)57)44-24-12-17-36-13-4-6-18-43(36)44/h1-35H. The van der Waals surface area contributed by atoms with Crippen LogP contribution in [0.3, 0.4) is 0 Å². The van der Waals surface area contributed by atoms with Crippen LogP contribution in [0.15, 0.2) is 212 Å². The van der Waals surface area contributed by atoms with Crippen molar-refractivity contribution in [3.05, 3.63) is 212 Å². The van der Waals surface area contributed by atoms with Gasteiger partial charge in [0.05, 0.1) is 11.0 Å². The molecule has 0 aliphatic heterocycles. The first-order valence-electron chi connectivity index (χ1n) is 19.8. The number of fused-ring (bicyclic) bond motifs is 10. The van der Waals surface area contributed by atoms with Crippen molar-refractivity contribution in [1.29, 1.82) is 0 Å². The van der Waals surface area contributed by atoms with Gasteiger partial charge in [0.15, 0.2) is 0 Å². The average molecular weight is 722 g/mol. The topological polar surface area (TPSA) is 4.93 Å². The van der Waals surface area contributed by atoms with Gasteiger partial charge in [0, 0.05) is 27.2 Å². The molecule has 12 aromatic rings. The third-order valence-electron chi connectivity index (χ3n) is 12.1. The molecule has 1 heterocycles. The van der Waals surface area contributed by atoms with E-state index in [1.807, 2.05) is 0 Å². The second-order valence-corrected chi connectivity index (χ2v) is 15.2. The Morgan fingerprint density at radius 3 is 1.32 bits per heavy atom. The van der Waals surface area contributed by atoms with Crippen LogP contribution in [0.5, 0.6) is 0 Å². The summed E-state index contributed by atoms with van der Waals surface area (Å²) in [5.74, 6) is 0. The minimum Gasteiger partial charge on any atom is -0.308 e. The summed E-state index contributed by atoms with van der Waals surface area (Å²) < 4.78 is 2.53. The van der Waals surface area contributed by atoms with Crippen LogP contribution < -0.4 is 0 Å². The molecule has 1 heteroatoms. The van der Waals surface area contributed by atoms with E-state index < -0.39 is 0 Å². The van der Waals surface area contributed by atoms with Crippen molar-refractivity contribution < 1.29 is 0 Å². The van der Waals surface area contributed by atoms with Crippen LogP contribution in [0, 0.1) is 0 Å². The van der Waals surface area contributed by atoms with E-state index in [2.05, 4.69) is 217 Å². The summed E-state index contributed by atoms with van der Waals surface area (Å²) in [6.45, 7) is 0. The quantitative estimate of drug-likeness (QED) is 0.160. The summed E-state index contributed by atoms with van der Waals surface area (Å²) in [7, 11) is 0.